The summed E-state index contributed by atoms with van der Waals surface area (Å²) in [6, 6.07) is 8.42. The summed E-state index contributed by atoms with van der Waals surface area (Å²) in [5.41, 5.74) is 1.59. The van der Waals surface area contributed by atoms with Crippen LogP contribution in [0, 0.1) is 11.3 Å². The van der Waals surface area contributed by atoms with Crippen molar-refractivity contribution in [3.8, 4) is 28.8 Å². The van der Waals surface area contributed by atoms with Crippen LogP contribution in [0.4, 0.5) is 4.79 Å². The number of aromatic nitrogens is 5. The third kappa shape index (κ3) is 2.83. The molecule has 0 radical (unpaired) electrons. The molecule has 0 fully saturated rings. The molecule has 0 aliphatic heterocycles. The van der Waals surface area contributed by atoms with Gasteiger partial charge in [-0.2, -0.15) is 9.94 Å². The largest absolute Gasteiger partial charge is 0.346 e. The van der Waals surface area contributed by atoms with E-state index in [-0.39, 0.29) is 11.7 Å². The first-order valence-corrected chi connectivity index (χ1v) is 7.06. The molecule has 0 spiro atoms. The first-order chi connectivity index (χ1) is 11.6. The van der Waals surface area contributed by atoms with E-state index in [1.54, 1.807) is 50.8 Å². The molecule has 0 saturated carbocycles. The van der Waals surface area contributed by atoms with Crippen LogP contribution in [0.15, 0.2) is 42.9 Å². The van der Waals surface area contributed by atoms with E-state index in [1.807, 2.05) is 6.07 Å². The fraction of sp³-hybridized carbons (Fsp3) is 0.125. The van der Waals surface area contributed by atoms with Crippen LogP contribution >= 0.6 is 0 Å². The van der Waals surface area contributed by atoms with E-state index >= 15 is 0 Å². The lowest BCUT2D eigenvalue weighted by Crippen LogP contribution is -2.28. The topological polar surface area (TPSA) is 101 Å². The zero-order chi connectivity index (χ0) is 17.1. The summed E-state index contributed by atoms with van der Waals surface area (Å²) >= 11 is 0. The average Bonchev–Trinajstić information content (AvgIpc) is 3.07. The van der Waals surface area contributed by atoms with E-state index in [2.05, 4.69) is 20.1 Å². The molecular formula is C16H13N7O. The average molecular weight is 319 g/mol. The van der Waals surface area contributed by atoms with Gasteiger partial charge in [0.2, 0.25) is 0 Å². The number of nitrogens with zero attached hydrogens (tertiary/aromatic N) is 7. The molecule has 8 nitrogen and oxygen atoms in total. The number of nitriles is 1. The summed E-state index contributed by atoms with van der Waals surface area (Å²) in [5, 5.41) is 13.3. The summed E-state index contributed by atoms with van der Waals surface area (Å²) in [6.45, 7) is 0. The third-order valence-corrected chi connectivity index (χ3v) is 3.24. The number of carbonyl (C=O) groups is 1. The third-order valence-electron chi connectivity index (χ3n) is 3.24. The molecule has 0 N–H and O–H groups in total. The van der Waals surface area contributed by atoms with Crippen LogP contribution in [0.2, 0.25) is 0 Å². The van der Waals surface area contributed by atoms with Gasteiger partial charge in [-0.3, -0.25) is 4.98 Å². The van der Waals surface area contributed by atoms with Crippen LogP contribution in [0.1, 0.15) is 5.69 Å². The summed E-state index contributed by atoms with van der Waals surface area (Å²) in [6.07, 6.45) is 4.75. The normalized spacial score (nSPS) is 10.2. The Morgan fingerprint density at radius 1 is 1.17 bits per heavy atom. The maximum atomic E-state index is 12.4. The van der Waals surface area contributed by atoms with Gasteiger partial charge in [0.05, 0.1) is 0 Å². The van der Waals surface area contributed by atoms with E-state index in [0.29, 0.717) is 22.8 Å². The molecule has 8 heteroatoms. The predicted octanol–water partition coefficient (Wildman–Crippen LogP) is 1.80. The molecule has 3 aromatic heterocycles. The lowest BCUT2D eigenvalue weighted by atomic mass is 10.2. The summed E-state index contributed by atoms with van der Waals surface area (Å²) in [5.74, 6) is 0.748. The van der Waals surface area contributed by atoms with Crippen molar-refractivity contribution in [2.24, 2.45) is 0 Å². The summed E-state index contributed by atoms with van der Waals surface area (Å²) in [7, 11) is 3.28. The van der Waals surface area contributed by atoms with Crippen molar-refractivity contribution in [2.45, 2.75) is 0 Å². The molecular weight excluding hydrogens is 306 g/mol. The van der Waals surface area contributed by atoms with Crippen LogP contribution in [-0.4, -0.2) is 49.8 Å². The van der Waals surface area contributed by atoms with Crippen LogP contribution in [0.5, 0.6) is 0 Å². The smallest absolute Gasteiger partial charge is 0.329 e. The molecule has 3 aromatic rings. The molecule has 0 saturated heterocycles. The highest BCUT2D eigenvalue weighted by atomic mass is 16.2. The SMILES string of the molecule is CN(C)C(=O)n1nc(-c2ccnc(C#N)c2)nc1-c1ccncc1. The van der Waals surface area contributed by atoms with Crippen molar-refractivity contribution < 1.29 is 4.79 Å². The van der Waals surface area contributed by atoms with Gasteiger partial charge in [0.15, 0.2) is 11.6 Å². The number of hydrogen-bond acceptors (Lipinski definition) is 6. The van der Waals surface area contributed by atoms with E-state index in [4.69, 9.17) is 5.26 Å². The van der Waals surface area contributed by atoms with Gasteiger partial charge in [0.1, 0.15) is 11.8 Å². The Morgan fingerprint density at radius 2 is 1.88 bits per heavy atom. The lowest BCUT2D eigenvalue weighted by molar-refractivity contribution is 0.216. The Balaban J connectivity index is 2.16. The van der Waals surface area contributed by atoms with Gasteiger partial charge in [-0.05, 0) is 24.3 Å². The zero-order valence-corrected chi connectivity index (χ0v) is 13.1. The molecule has 0 aliphatic carbocycles. The quantitative estimate of drug-likeness (QED) is 0.714. The van der Waals surface area contributed by atoms with Gasteiger partial charge in [-0.1, -0.05) is 0 Å². The Kier molecular flexibility index (Phi) is 3.99. The maximum absolute atomic E-state index is 12.4. The van der Waals surface area contributed by atoms with Gasteiger partial charge >= 0.3 is 6.03 Å². The molecule has 3 rings (SSSR count). The number of amides is 1. The highest BCUT2D eigenvalue weighted by molar-refractivity contribution is 5.81. The molecule has 118 valence electrons. The van der Waals surface area contributed by atoms with E-state index < -0.39 is 0 Å². The van der Waals surface area contributed by atoms with E-state index in [0.717, 1.165) is 0 Å². The van der Waals surface area contributed by atoms with Crippen molar-refractivity contribution in [3.05, 3.63) is 48.5 Å². The van der Waals surface area contributed by atoms with Crippen molar-refractivity contribution >= 4 is 6.03 Å². The fourth-order valence-electron chi connectivity index (χ4n) is 2.08. The van der Waals surface area contributed by atoms with Gasteiger partial charge < -0.3 is 4.90 Å². The van der Waals surface area contributed by atoms with E-state index in [1.165, 1.54) is 15.8 Å². The number of pyridine rings is 2. The first-order valence-electron chi connectivity index (χ1n) is 7.06. The Morgan fingerprint density at radius 3 is 2.54 bits per heavy atom. The van der Waals surface area contributed by atoms with Gasteiger partial charge in [0, 0.05) is 43.8 Å². The van der Waals surface area contributed by atoms with Crippen molar-refractivity contribution in [1.82, 2.24) is 29.6 Å². The monoisotopic (exact) mass is 319 g/mol. The van der Waals surface area contributed by atoms with Gasteiger partial charge in [0.25, 0.3) is 0 Å². The van der Waals surface area contributed by atoms with Crippen LogP contribution in [0.3, 0.4) is 0 Å². The lowest BCUT2D eigenvalue weighted by Gasteiger charge is -2.11. The van der Waals surface area contributed by atoms with Crippen molar-refractivity contribution in [3.63, 3.8) is 0 Å². The highest BCUT2D eigenvalue weighted by Gasteiger charge is 2.20. The number of carbonyl (C=O) groups excluding carboxylic acids is 1. The van der Waals surface area contributed by atoms with Crippen LogP contribution in [-0.2, 0) is 0 Å². The Hall–Kier alpha value is -3.60. The van der Waals surface area contributed by atoms with Crippen LogP contribution < -0.4 is 0 Å². The van der Waals surface area contributed by atoms with Crippen molar-refractivity contribution in [2.75, 3.05) is 14.1 Å². The molecule has 0 aliphatic rings. The van der Waals surface area contributed by atoms with E-state index in [9.17, 15) is 4.79 Å². The first kappa shape index (κ1) is 15.3. The summed E-state index contributed by atoms with van der Waals surface area (Å²) in [4.78, 5) is 26.2. The molecule has 0 atom stereocenters. The van der Waals surface area contributed by atoms with Crippen molar-refractivity contribution in [1.29, 1.82) is 5.26 Å². The van der Waals surface area contributed by atoms with Gasteiger partial charge in [-0.25, -0.2) is 14.8 Å². The Bertz CT molecular complexity index is 925. The zero-order valence-electron chi connectivity index (χ0n) is 13.1. The minimum Gasteiger partial charge on any atom is -0.329 e. The Labute approximate surface area is 138 Å². The predicted molar refractivity (Wildman–Crippen MR) is 85.7 cm³/mol. The standard InChI is InChI=1S/C16H13N7O/c1-22(2)16(24)23-15(11-3-6-18-7-4-11)20-14(21-23)12-5-8-19-13(9-12)10-17/h3-9H,1-2H3. The second-order valence-corrected chi connectivity index (χ2v) is 5.13. The highest BCUT2D eigenvalue weighted by Crippen LogP contribution is 2.22. The minimum absolute atomic E-state index is 0.258. The maximum Gasteiger partial charge on any atom is 0.346 e. The van der Waals surface area contributed by atoms with Gasteiger partial charge in [-0.15, -0.1) is 5.10 Å². The number of hydrogen-bond donors (Lipinski definition) is 0. The second kappa shape index (κ2) is 6.26. The molecule has 0 aromatic carbocycles. The molecule has 24 heavy (non-hydrogen) atoms. The molecule has 0 bridgehead atoms. The molecule has 1 amide bonds. The summed E-state index contributed by atoms with van der Waals surface area (Å²) < 4.78 is 1.23. The second-order valence-electron chi connectivity index (χ2n) is 5.13. The number of rotatable bonds is 2. The fourth-order valence-corrected chi connectivity index (χ4v) is 2.08. The molecule has 3 heterocycles. The molecule has 0 unspecified atom stereocenters. The van der Waals surface area contributed by atoms with Crippen LogP contribution in [0.25, 0.3) is 22.8 Å². The minimum atomic E-state index is -0.324.